The number of hydrogen-bond donors (Lipinski definition) is 0. The number of carbonyl (C=O) groups is 2. The second-order valence-electron chi connectivity index (χ2n) is 6.00. The Morgan fingerprint density at radius 2 is 2.04 bits per heavy atom. The molecule has 2 atom stereocenters. The summed E-state index contributed by atoms with van der Waals surface area (Å²) in [6, 6.07) is 3.40. The molecule has 2 aliphatic heterocycles. The standard InChI is InChI=1S/C16H17N5O2/c1-19-10-12(9-18-19)21-13-4-7-20(14(13)8-15(21)22)16(23)11-2-5-17-6-3-11/h2-3,5-6,9-10,13-14H,4,7-8H2,1H3/t13-,14+/m1/s1. The van der Waals surface area contributed by atoms with Crippen LogP contribution in [0.4, 0.5) is 5.69 Å². The number of nitrogens with zero attached hydrogens (tertiary/aromatic N) is 5. The highest BCUT2D eigenvalue weighted by Crippen LogP contribution is 2.36. The lowest BCUT2D eigenvalue weighted by Crippen LogP contribution is -2.39. The molecule has 4 rings (SSSR count). The molecule has 0 radical (unpaired) electrons. The van der Waals surface area contributed by atoms with Crippen molar-refractivity contribution in [2.45, 2.75) is 24.9 Å². The molecule has 2 amide bonds. The van der Waals surface area contributed by atoms with Crippen molar-refractivity contribution in [3.05, 3.63) is 42.5 Å². The van der Waals surface area contributed by atoms with Crippen LogP contribution >= 0.6 is 0 Å². The van der Waals surface area contributed by atoms with E-state index in [9.17, 15) is 9.59 Å². The van der Waals surface area contributed by atoms with Gasteiger partial charge in [-0.25, -0.2) is 0 Å². The van der Waals surface area contributed by atoms with E-state index < -0.39 is 0 Å². The minimum atomic E-state index is -0.0663. The van der Waals surface area contributed by atoms with Crippen molar-refractivity contribution >= 4 is 17.5 Å². The maximum atomic E-state index is 12.7. The number of hydrogen-bond acceptors (Lipinski definition) is 4. The minimum absolute atomic E-state index is 0.0271. The van der Waals surface area contributed by atoms with Gasteiger partial charge in [-0.3, -0.25) is 19.3 Å². The molecule has 0 bridgehead atoms. The number of carbonyl (C=O) groups excluding carboxylic acids is 2. The fraction of sp³-hybridized carbons (Fsp3) is 0.375. The highest BCUT2D eigenvalue weighted by atomic mass is 16.2. The van der Waals surface area contributed by atoms with E-state index in [0.29, 0.717) is 18.5 Å². The summed E-state index contributed by atoms with van der Waals surface area (Å²) in [5, 5.41) is 4.15. The largest absolute Gasteiger partial charge is 0.333 e. The molecule has 2 aromatic rings. The van der Waals surface area contributed by atoms with Crippen LogP contribution in [0.25, 0.3) is 0 Å². The quantitative estimate of drug-likeness (QED) is 0.824. The fourth-order valence-electron chi connectivity index (χ4n) is 3.63. The van der Waals surface area contributed by atoms with Crippen LogP contribution in [0.1, 0.15) is 23.2 Å². The van der Waals surface area contributed by atoms with Crippen LogP contribution in [0.15, 0.2) is 36.9 Å². The first-order valence-corrected chi connectivity index (χ1v) is 7.67. The van der Waals surface area contributed by atoms with Gasteiger partial charge in [-0.05, 0) is 18.6 Å². The van der Waals surface area contributed by atoms with Crippen LogP contribution in [-0.4, -0.2) is 50.1 Å². The topological polar surface area (TPSA) is 71.3 Å². The second kappa shape index (κ2) is 5.19. The van der Waals surface area contributed by atoms with Crippen LogP contribution in [0, 0.1) is 0 Å². The van der Waals surface area contributed by atoms with Crippen LogP contribution in [-0.2, 0) is 11.8 Å². The van der Waals surface area contributed by atoms with Crippen molar-refractivity contribution in [3.63, 3.8) is 0 Å². The molecule has 0 unspecified atom stereocenters. The van der Waals surface area contributed by atoms with Gasteiger partial charge in [-0.1, -0.05) is 0 Å². The minimum Gasteiger partial charge on any atom is -0.333 e. The highest BCUT2D eigenvalue weighted by molar-refractivity contribution is 6.00. The van der Waals surface area contributed by atoms with Gasteiger partial charge >= 0.3 is 0 Å². The van der Waals surface area contributed by atoms with Crippen molar-refractivity contribution in [2.24, 2.45) is 7.05 Å². The highest BCUT2D eigenvalue weighted by Gasteiger charge is 2.49. The summed E-state index contributed by atoms with van der Waals surface area (Å²) in [6.45, 7) is 0.667. The summed E-state index contributed by atoms with van der Waals surface area (Å²) in [5.41, 5.74) is 1.43. The average molecular weight is 311 g/mol. The summed E-state index contributed by atoms with van der Waals surface area (Å²) in [6.07, 6.45) is 7.94. The number of fused-ring (bicyclic) bond motifs is 1. The van der Waals surface area contributed by atoms with Crippen LogP contribution in [0.5, 0.6) is 0 Å². The van der Waals surface area contributed by atoms with Gasteiger partial charge in [0.05, 0.1) is 24.0 Å². The molecule has 0 saturated carbocycles. The maximum Gasteiger partial charge on any atom is 0.254 e. The molecule has 4 heterocycles. The number of rotatable bonds is 2. The van der Waals surface area contributed by atoms with E-state index >= 15 is 0 Å². The van der Waals surface area contributed by atoms with Crippen molar-refractivity contribution < 1.29 is 9.59 Å². The Balaban J connectivity index is 1.60. The Labute approximate surface area is 133 Å². The molecule has 0 N–H and O–H groups in total. The van der Waals surface area contributed by atoms with Crippen molar-refractivity contribution in [3.8, 4) is 0 Å². The second-order valence-corrected chi connectivity index (χ2v) is 6.00. The van der Waals surface area contributed by atoms with E-state index in [0.717, 1.165) is 12.1 Å². The lowest BCUT2D eigenvalue weighted by Gasteiger charge is -2.24. The van der Waals surface area contributed by atoms with Gasteiger partial charge in [0.1, 0.15) is 0 Å². The van der Waals surface area contributed by atoms with Gasteiger partial charge in [0, 0.05) is 44.2 Å². The Hall–Kier alpha value is -2.70. The molecule has 2 aliphatic rings. The summed E-state index contributed by atoms with van der Waals surface area (Å²) < 4.78 is 1.69. The monoisotopic (exact) mass is 311 g/mol. The number of anilines is 1. The van der Waals surface area contributed by atoms with Crippen LogP contribution in [0.3, 0.4) is 0 Å². The maximum absolute atomic E-state index is 12.7. The normalized spacial score (nSPS) is 23.4. The van der Waals surface area contributed by atoms with E-state index in [-0.39, 0.29) is 23.9 Å². The average Bonchev–Trinajstić information content (AvgIpc) is 3.22. The predicted octanol–water partition coefficient (Wildman–Crippen LogP) is 0.835. The molecular weight excluding hydrogens is 294 g/mol. The molecule has 0 spiro atoms. The molecule has 118 valence electrons. The third-order valence-electron chi connectivity index (χ3n) is 4.65. The Bertz CT molecular complexity index is 757. The van der Waals surface area contributed by atoms with Crippen LogP contribution in [0.2, 0.25) is 0 Å². The summed E-state index contributed by atoms with van der Waals surface area (Å²) >= 11 is 0. The zero-order chi connectivity index (χ0) is 16.0. The van der Waals surface area contributed by atoms with Gasteiger partial charge in [-0.15, -0.1) is 0 Å². The molecule has 2 aromatic heterocycles. The third-order valence-corrected chi connectivity index (χ3v) is 4.65. The number of amides is 2. The molecular formula is C16H17N5O2. The first kappa shape index (κ1) is 13.9. The van der Waals surface area contributed by atoms with E-state index in [1.165, 1.54) is 0 Å². The zero-order valence-corrected chi connectivity index (χ0v) is 12.8. The molecule has 2 saturated heterocycles. The molecule has 7 nitrogen and oxygen atoms in total. The lowest BCUT2D eigenvalue weighted by atomic mass is 10.1. The third kappa shape index (κ3) is 2.19. The number of aryl methyl sites for hydroxylation is 1. The van der Waals surface area contributed by atoms with Gasteiger partial charge < -0.3 is 9.80 Å². The molecule has 2 fully saturated rings. The number of aromatic nitrogens is 3. The van der Waals surface area contributed by atoms with Gasteiger partial charge in [-0.2, -0.15) is 5.10 Å². The molecule has 7 heteroatoms. The van der Waals surface area contributed by atoms with Crippen molar-refractivity contribution in [2.75, 3.05) is 11.4 Å². The van der Waals surface area contributed by atoms with Crippen LogP contribution < -0.4 is 4.90 Å². The van der Waals surface area contributed by atoms with Gasteiger partial charge in [0.15, 0.2) is 0 Å². The molecule has 0 aliphatic carbocycles. The summed E-state index contributed by atoms with van der Waals surface area (Å²) in [7, 11) is 1.83. The SMILES string of the molecule is Cn1cc(N2C(=O)C[C@H]3[C@H]2CCN3C(=O)c2ccncc2)cn1. The van der Waals surface area contributed by atoms with E-state index in [4.69, 9.17) is 0 Å². The Morgan fingerprint density at radius 3 is 2.74 bits per heavy atom. The van der Waals surface area contributed by atoms with E-state index in [2.05, 4.69) is 10.1 Å². The number of likely N-dealkylation sites (tertiary alicyclic amines) is 1. The predicted molar refractivity (Wildman–Crippen MR) is 82.8 cm³/mol. The number of pyridine rings is 1. The van der Waals surface area contributed by atoms with Crippen molar-refractivity contribution in [1.82, 2.24) is 19.7 Å². The first-order chi connectivity index (χ1) is 11.1. The molecule has 0 aromatic carbocycles. The van der Waals surface area contributed by atoms with E-state index in [1.54, 1.807) is 40.3 Å². The Kier molecular flexibility index (Phi) is 3.14. The molecule has 23 heavy (non-hydrogen) atoms. The fourth-order valence-corrected chi connectivity index (χ4v) is 3.63. The smallest absolute Gasteiger partial charge is 0.254 e. The first-order valence-electron chi connectivity index (χ1n) is 7.67. The zero-order valence-electron chi connectivity index (χ0n) is 12.8. The van der Waals surface area contributed by atoms with Crippen molar-refractivity contribution in [1.29, 1.82) is 0 Å². The summed E-state index contributed by atoms with van der Waals surface area (Å²) in [4.78, 5) is 32.7. The van der Waals surface area contributed by atoms with Gasteiger partial charge in [0.2, 0.25) is 5.91 Å². The van der Waals surface area contributed by atoms with Gasteiger partial charge in [0.25, 0.3) is 5.91 Å². The Morgan fingerprint density at radius 1 is 1.26 bits per heavy atom. The lowest BCUT2D eigenvalue weighted by molar-refractivity contribution is -0.117. The summed E-state index contributed by atoms with van der Waals surface area (Å²) in [5.74, 6) is 0.0287. The van der Waals surface area contributed by atoms with E-state index in [1.807, 2.05) is 18.1 Å².